The standard InChI is InChI=1S/C71H53F3N4/c1-40-20-41(2)25-52(24-40)48-10-15-59-60-16-11-49(53-26-42(3)21-43(4)27-53)33-66(60)77(65(59)32-48)69-36-56(58-19-14-57(71(72,73)74)38-64(58)76-9)37-70(63(69)39-75)78-67-34-50(54-28-44(5)22-45(6)29-54)12-17-61(67)62-18-13-51(35-68(62)78)55-30-46(7)23-47(8)31-55/h10-38H,1-8H3. The van der Waals surface area contributed by atoms with Gasteiger partial charge in [0.15, 0.2) is 5.69 Å². The third-order valence-electron chi connectivity index (χ3n) is 15.2. The Morgan fingerprint density at radius 3 is 0.949 bits per heavy atom. The van der Waals surface area contributed by atoms with Crippen LogP contribution in [0.15, 0.2) is 176 Å². The fourth-order valence-corrected chi connectivity index (χ4v) is 12.1. The van der Waals surface area contributed by atoms with Crippen LogP contribution in [0.4, 0.5) is 18.9 Å². The number of nitrogens with zero attached hydrogens (tertiary/aromatic N) is 4. The fourth-order valence-electron chi connectivity index (χ4n) is 12.1. The SMILES string of the molecule is [C-]#[N+]c1cc(C(F)(F)F)ccc1-c1cc(-n2c3cc(-c4cc(C)cc(C)c4)ccc3c3ccc(-c4cc(C)cc(C)c4)cc32)c(C#N)c(-n2c3cc(-c4cc(C)cc(C)c4)ccc3c3ccc(-c4cc(C)cc(C)c4)cc32)c1. The second-order valence-corrected chi connectivity index (χ2v) is 21.4. The van der Waals surface area contributed by atoms with Crippen molar-refractivity contribution in [3.63, 3.8) is 0 Å². The molecule has 0 saturated heterocycles. The molecule has 0 bridgehead atoms. The highest BCUT2D eigenvalue weighted by atomic mass is 19.4. The van der Waals surface area contributed by atoms with Gasteiger partial charge in [-0.25, -0.2) is 4.85 Å². The molecule has 378 valence electrons. The van der Waals surface area contributed by atoms with Crippen molar-refractivity contribution in [1.29, 1.82) is 5.26 Å². The third kappa shape index (κ3) is 8.68. The van der Waals surface area contributed by atoms with Gasteiger partial charge < -0.3 is 9.13 Å². The molecule has 0 radical (unpaired) electrons. The van der Waals surface area contributed by atoms with Gasteiger partial charge in [0.05, 0.1) is 40.0 Å². The molecule has 0 aliphatic heterocycles. The van der Waals surface area contributed by atoms with Gasteiger partial charge in [-0.3, -0.25) is 0 Å². The van der Waals surface area contributed by atoms with Crippen LogP contribution in [-0.2, 0) is 6.18 Å². The normalized spacial score (nSPS) is 11.8. The van der Waals surface area contributed by atoms with E-state index in [2.05, 4.69) is 221 Å². The van der Waals surface area contributed by atoms with Gasteiger partial charge in [0, 0.05) is 27.1 Å². The van der Waals surface area contributed by atoms with Gasteiger partial charge in [0.25, 0.3) is 0 Å². The summed E-state index contributed by atoms with van der Waals surface area (Å²) in [5.41, 5.74) is 21.7. The highest BCUT2D eigenvalue weighted by molar-refractivity contribution is 6.13. The third-order valence-corrected chi connectivity index (χ3v) is 15.2. The molecule has 4 nitrogen and oxygen atoms in total. The molecule has 12 aromatic rings. The molecule has 0 N–H and O–H groups in total. The van der Waals surface area contributed by atoms with Crippen molar-refractivity contribution in [1.82, 2.24) is 9.13 Å². The maximum atomic E-state index is 14.5. The van der Waals surface area contributed by atoms with Gasteiger partial charge in [0.1, 0.15) is 11.6 Å². The molecule has 0 fully saturated rings. The quantitative estimate of drug-likeness (QED) is 0.147. The molecule has 0 saturated carbocycles. The molecular weight excluding hydrogens is 966 g/mol. The summed E-state index contributed by atoms with van der Waals surface area (Å²) < 4.78 is 47.8. The van der Waals surface area contributed by atoms with Crippen molar-refractivity contribution >= 4 is 49.3 Å². The van der Waals surface area contributed by atoms with E-state index in [-0.39, 0.29) is 5.69 Å². The lowest BCUT2D eigenvalue weighted by molar-refractivity contribution is -0.137. The van der Waals surface area contributed by atoms with Crippen LogP contribution in [0.25, 0.3) is 115 Å². The summed E-state index contributed by atoms with van der Waals surface area (Å²) in [6.45, 7) is 25.1. The van der Waals surface area contributed by atoms with Crippen molar-refractivity contribution in [3.05, 3.63) is 243 Å². The molecule has 0 atom stereocenters. The minimum Gasteiger partial charge on any atom is -0.308 e. The number of fused-ring (bicyclic) bond motifs is 6. The number of rotatable bonds is 7. The number of aryl methyl sites for hydroxylation is 8. The van der Waals surface area contributed by atoms with E-state index in [0.29, 0.717) is 28.1 Å². The summed E-state index contributed by atoms with van der Waals surface area (Å²) in [7, 11) is 0. The summed E-state index contributed by atoms with van der Waals surface area (Å²) in [5.74, 6) is 0. The molecule has 10 aromatic carbocycles. The summed E-state index contributed by atoms with van der Waals surface area (Å²) in [6, 6.07) is 61.8. The van der Waals surface area contributed by atoms with E-state index in [9.17, 15) is 18.4 Å². The van der Waals surface area contributed by atoms with Gasteiger partial charge in [-0.15, -0.1) is 0 Å². The first-order valence-electron chi connectivity index (χ1n) is 26.1. The predicted octanol–water partition coefficient (Wildman–Crippen LogP) is 20.1. The highest BCUT2D eigenvalue weighted by Crippen LogP contribution is 2.46. The van der Waals surface area contributed by atoms with Crippen LogP contribution in [0, 0.1) is 73.3 Å². The minimum absolute atomic E-state index is 0.153. The topological polar surface area (TPSA) is 38.0 Å². The average molecular weight is 1020 g/mol. The lowest BCUT2D eigenvalue weighted by Gasteiger charge is -2.20. The lowest BCUT2D eigenvalue weighted by Crippen LogP contribution is -2.06. The van der Waals surface area contributed by atoms with Gasteiger partial charge >= 0.3 is 6.18 Å². The lowest BCUT2D eigenvalue weighted by atomic mass is 9.97. The van der Waals surface area contributed by atoms with E-state index >= 15 is 0 Å². The zero-order chi connectivity index (χ0) is 54.5. The Balaban J connectivity index is 1.26. The number of nitriles is 1. The van der Waals surface area contributed by atoms with Crippen LogP contribution in [0.2, 0.25) is 0 Å². The van der Waals surface area contributed by atoms with Crippen LogP contribution in [0.3, 0.4) is 0 Å². The first kappa shape index (κ1) is 49.4. The largest absolute Gasteiger partial charge is 0.415 e. The number of benzene rings is 10. The second kappa shape index (κ2) is 18.7. The molecule has 0 aliphatic carbocycles. The maximum Gasteiger partial charge on any atom is 0.415 e. The Labute approximate surface area is 452 Å². The Morgan fingerprint density at radius 2 is 0.679 bits per heavy atom. The van der Waals surface area contributed by atoms with E-state index in [1.807, 2.05) is 12.1 Å². The van der Waals surface area contributed by atoms with Gasteiger partial charge in [-0.2, -0.15) is 18.4 Å². The van der Waals surface area contributed by atoms with Crippen molar-refractivity contribution in [2.75, 3.05) is 0 Å². The molecule has 2 aromatic heterocycles. The zero-order valence-electron chi connectivity index (χ0n) is 44.7. The maximum absolute atomic E-state index is 14.5. The minimum atomic E-state index is -4.67. The van der Waals surface area contributed by atoms with Crippen LogP contribution >= 0.6 is 0 Å². The molecular formula is C71H53F3N4. The number of hydrogen-bond acceptors (Lipinski definition) is 1. The summed E-state index contributed by atoms with van der Waals surface area (Å²) >= 11 is 0. The van der Waals surface area contributed by atoms with Crippen LogP contribution in [0.1, 0.15) is 55.6 Å². The van der Waals surface area contributed by atoms with Crippen LogP contribution < -0.4 is 0 Å². The Bertz CT molecular complexity index is 4060. The van der Waals surface area contributed by atoms with E-state index in [0.717, 1.165) is 145 Å². The van der Waals surface area contributed by atoms with Gasteiger partial charge in [0.2, 0.25) is 0 Å². The van der Waals surface area contributed by atoms with E-state index < -0.39 is 11.7 Å². The first-order chi connectivity index (χ1) is 37.4. The molecule has 2 heterocycles. The molecule has 78 heavy (non-hydrogen) atoms. The van der Waals surface area contributed by atoms with Gasteiger partial charge in [-0.1, -0.05) is 178 Å². The second-order valence-electron chi connectivity index (χ2n) is 21.4. The molecule has 0 amide bonds. The zero-order valence-corrected chi connectivity index (χ0v) is 44.7. The number of aromatic nitrogens is 2. The smallest absolute Gasteiger partial charge is 0.308 e. The van der Waals surface area contributed by atoms with E-state index in [1.54, 1.807) is 0 Å². The summed E-state index contributed by atoms with van der Waals surface area (Å²) in [6.07, 6.45) is -4.67. The molecule has 0 spiro atoms. The van der Waals surface area contributed by atoms with Crippen LogP contribution in [0.5, 0.6) is 0 Å². The number of halogens is 3. The fraction of sp³-hybridized carbons (Fsp3) is 0.127. The monoisotopic (exact) mass is 1020 g/mol. The molecule has 0 aliphatic rings. The average Bonchev–Trinajstić information content (AvgIpc) is 4.09. The first-order valence-corrected chi connectivity index (χ1v) is 26.1. The van der Waals surface area contributed by atoms with Crippen molar-refractivity contribution < 1.29 is 13.2 Å². The van der Waals surface area contributed by atoms with Crippen molar-refractivity contribution in [3.8, 4) is 73.1 Å². The van der Waals surface area contributed by atoms with E-state index in [4.69, 9.17) is 6.57 Å². The molecule has 0 unspecified atom stereocenters. The van der Waals surface area contributed by atoms with Crippen LogP contribution in [-0.4, -0.2) is 9.13 Å². The predicted molar refractivity (Wildman–Crippen MR) is 316 cm³/mol. The van der Waals surface area contributed by atoms with Crippen molar-refractivity contribution in [2.45, 2.75) is 61.6 Å². The van der Waals surface area contributed by atoms with Crippen molar-refractivity contribution in [2.24, 2.45) is 0 Å². The highest BCUT2D eigenvalue weighted by Gasteiger charge is 2.32. The van der Waals surface area contributed by atoms with E-state index in [1.165, 1.54) is 6.07 Å². The summed E-state index contributed by atoms with van der Waals surface area (Å²) in [4.78, 5) is 3.76. The Morgan fingerprint density at radius 1 is 0.372 bits per heavy atom. The molecule has 12 rings (SSSR count). The Hall–Kier alpha value is -9.43. The summed E-state index contributed by atoms with van der Waals surface area (Å²) in [5, 5.41) is 16.0. The Kier molecular flexibility index (Phi) is 11.8. The van der Waals surface area contributed by atoms with Gasteiger partial charge in [-0.05, 0) is 153 Å². The number of hydrogen-bond donors (Lipinski definition) is 0. The number of alkyl halides is 3. The molecule has 7 heteroatoms.